The van der Waals surface area contributed by atoms with Crippen molar-refractivity contribution in [1.82, 2.24) is 0 Å². The van der Waals surface area contributed by atoms with Crippen LogP contribution in [0.4, 0.5) is 0 Å². The number of rotatable bonds is 4. The maximum atomic E-state index is 10.0. The standard InChI is InChI=1S/C12H11ClO2PS/c13-16(14,15-11-7-3-1-4-8-11)17-12-9-5-2-6-10-12/h1-10,14H/q+1. The van der Waals surface area contributed by atoms with E-state index in [0.717, 1.165) is 16.3 Å². The Labute approximate surface area is 110 Å². The zero-order chi connectivity index (χ0) is 12.1. The molecular formula is C12H11ClO2PS+. The van der Waals surface area contributed by atoms with Crippen molar-refractivity contribution in [2.45, 2.75) is 4.90 Å². The van der Waals surface area contributed by atoms with Gasteiger partial charge in [0.2, 0.25) is 0 Å². The molecule has 0 aliphatic carbocycles. The van der Waals surface area contributed by atoms with E-state index >= 15 is 0 Å². The number of hydrogen-bond acceptors (Lipinski definition) is 3. The Kier molecular flexibility index (Phi) is 4.30. The second-order valence-electron chi connectivity index (χ2n) is 3.26. The summed E-state index contributed by atoms with van der Waals surface area (Å²) in [6.45, 7) is 0. The predicted octanol–water partition coefficient (Wildman–Crippen LogP) is 4.77. The summed E-state index contributed by atoms with van der Waals surface area (Å²) in [5.74, 6) is 0.571. The van der Waals surface area contributed by atoms with Crippen molar-refractivity contribution in [3.8, 4) is 5.75 Å². The fourth-order valence-electron chi connectivity index (χ4n) is 1.24. The van der Waals surface area contributed by atoms with Gasteiger partial charge in [0.05, 0.1) is 4.90 Å². The molecule has 0 amide bonds. The van der Waals surface area contributed by atoms with Crippen molar-refractivity contribution >= 4 is 28.9 Å². The van der Waals surface area contributed by atoms with Gasteiger partial charge in [-0.3, -0.25) is 4.52 Å². The van der Waals surface area contributed by atoms with Crippen LogP contribution in [-0.4, -0.2) is 4.89 Å². The molecule has 0 aliphatic rings. The van der Waals surface area contributed by atoms with Crippen molar-refractivity contribution in [2.24, 2.45) is 0 Å². The van der Waals surface area contributed by atoms with E-state index in [9.17, 15) is 4.89 Å². The van der Waals surface area contributed by atoms with E-state index < -0.39 is 6.27 Å². The zero-order valence-electron chi connectivity index (χ0n) is 8.86. The Morgan fingerprint density at radius 3 is 2.06 bits per heavy atom. The average molecular weight is 286 g/mol. The largest absolute Gasteiger partial charge is 0.483 e. The van der Waals surface area contributed by atoms with Crippen molar-refractivity contribution < 1.29 is 9.42 Å². The number of halogens is 1. The van der Waals surface area contributed by atoms with E-state index in [1.807, 2.05) is 48.5 Å². The van der Waals surface area contributed by atoms with Gasteiger partial charge in [-0.25, -0.2) is 0 Å². The third-order valence-electron chi connectivity index (χ3n) is 1.92. The molecule has 1 N–H and O–H groups in total. The summed E-state index contributed by atoms with van der Waals surface area (Å²) in [7, 11) is 0. The third-order valence-corrected chi connectivity index (χ3v) is 5.43. The molecule has 0 saturated heterocycles. The SMILES string of the molecule is O[P+](Cl)(Oc1ccccc1)Sc1ccccc1. The van der Waals surface area contributed by atoms with Crippen LogP contribution in [-0.2, 0) is 0 Å². The molecular weight excluding hydrogens is 275 g/mol. The highest BCUT2D eigenvalue weighted by Gasteiger charge is 2.41. The van der Waals surface area contributed by atoms with Crippen molar-refractivity contribution in [3.63, 3.8) is 0 Å². The van der Waals surface area contributed by atoms with Gasteiger partial charge in [-0.1, -0.05) is 36.4 Å². The smallest absolute Gasteiger partial charge is 0.287 e. The third kappa shape index (κ3) is 4.21. The highest BCUT2D eigenvalue weighted by molar-refractivity contribution is 8.66. The van der Waals surface area contributed by atoms with Crippen LogP contribution >= 0.6 is 28.9 Å². The predicted molar refractivity (Wildman–Crippen MR) is 74.4 cm³/mol. The van der Waals surface area contributed by atoms with Gasteiger partial charge in [-0.15, -0.1) is 0 Å². The molecule has 0 aromatic heterocycles. The molecule has 2 nitrogen and oxygen atoms in total. The lowest BCUT2D eigenvalue weighted by Crippen LogP contribution is -1.90. The van der Waals surface area contributed by atoms with Gasteiger partial charge in [0.1, 0.15) is 11.4 Å². The molecule has 2 aromatic rings. The summed E-state index contributed by atoms with van der Waals surface area (Å²) >= 11 is 7.16. The molecule has 17 heavy (non-hydrogen) atoms. The highest BCUT2D eigenvalue weighted by atomic mass is 35.7. The summed E-state index contributed by atoms with van der Waals surface area (Å²) in [5.41, 5.74) is 0. The number of para-hydroxylation sites is 1. The second kappa shape index (κ2) is 5.74. The summed E-state index contributed by atoms with van der Waals surface area (Å²) in [5, 5.41) is 0. The molecule has 2 rings (SSSR count). The molecule has 0 radical (unpaired) electrons. The normalized spacial score (nSPS) is 14.0. The first kappa shape index (κ1) is 12.7. The molecule has 1 atom stereocenters. The molecule has 5 heteroatoms. The Balaban J connectivity index is 2.04. The van der Waals surface area contributed by atoms with Crippen LogP contribution in [0.15, 0.2) is 65.6 Å². The second-order valence-corrected chi connectivity index (χ2v) is 9.01. The Morgan fingerprint density at radius 2 is 1.47 bits per heavy atom. The van der Waals surface area contributed by atoms with Gasteiger partial charge in [0.25, 0.3) is 0 Å². The zero-order valence-corrected chi connectivity index (χ0v) is 11.3. The van der Waals surface area contributed by atoms with Crippen LogP contribution < -0.4 is 4.52 Å². The van der Waals surface area contributed by atoms with Crippen LogP contribution in [0.2, 0.25) is 0 Å². The van der Waals surface area contributed by atoms with Gasteiger partial charge >= 0.3 is 6.27 Å². The molecule has 0 fully saturated rings. The van der Waals surface area contributed by atoms with E-state index in [0.29, 0.717) is 5.75 Å². The lowest BCUT2D eigenvalue weighted by atomic mass is 10.3. The van der Waals surface area contributed by atoms with Crippen molar-refractivity contribution in [2.75, 3.05) is 0 Å². The highest BCUT2D eigenvalue weighted by Crippen LogP contribution is 2.73. The van der Waals surface area contributed by atoms with E-state index in [1.165, 1.54) is 0 Å². The fraction of sp³-hybridized carbons (Fsp3) is 0. The van der Waals surface area contributed by atoms with Gasteiger partial charge in [-0.2, -0.15) is 4.89 Å². The van der Waals surface area contributed by atoms with E-state index in [1.54, 1.807) is 12.1 Å². The maximum absolute atomic E-state index is 10.0. The molecule has 1 unspecified atom stereocenters. The quantitative estimate of drug-likeness (QED) is 0.821. The van der Waals surface area contributed by atoms with Crippen LogP contribution in [0, 0.1) is 0 Å². The van der Waals surface area contributed by atoms with E-state index in [2.05, 4.69) is 0 Å². The summed E-state index contributed by atoms with van der Waals surface area (Å²) < 4.78 is 5.40. The van der Waals surface area contributed by atoms with Crippen LogP contribution in [0.1, 0.15) is 0 Å². The molecule has 0 aliphatic heterocycles. The van der Waals surface area contributed by atoms with Gasteiger partial charge < -0.3 is 0 Å². The number of benzene rings is 2. The Hall–Kier alpha value is -0.730. The molecule has 0 saturated carbocycles. The lowest BCUT2D eigenvalue weighted by molar-refractivity contribution is 0.499. The first-order valence-electron chi connectivity index (χ1n) is 4.96. The Morgan fingerprint density at radius 1 is 0.941 bits per heavy atom. The van der Waals surface area contributed by atoms with Gasteiger partial charge in [0, 0.05) is 0 Å². The molecule has 2 aromatic carbocycles. The molecule has 88 valence electrons. The molecule has 0 heterocycles. The average Bonchev–Trinajstić information content (AvgIpc) is 2.30. The van der Waals surface area contributed by atoms with E-state index in [-0.39, 0.29) is 0 Å². The van der Waals surface area contributed by atoms with Crippen LogP contribution in [0.5, 0.6) is 5.75 Å². The monoisotopic (exact) mass is 285 g/mol. The Bertz CT molecular complexity index is 421. The topological polar surface area (TPSA) is 29.5 Å². The lowest BCUT2D eigenvalue weighted by Gasteiger charge is -2.08. The summed E-state index contributed by atoms with van der Waals surface area (Å²) in [6.07, 6.45) is -3.00. The van der Waals surface area contributed by atoms with Crippen LogP contribution in [0.3, 0.4) is 0 Å². The minimum absolute atomic E-state index is 0.571. The van der Waals surface area contributed by atoms with Gasteiger partial charge in [0.15, 0.2) is 17.0 Å². The molecule has 0 bridgehead atoms. The minimum Gasteiger partial charge on any atom is -0.287 e. The van der Waals surface area contributed by atoms with Crippen molar-refractivity contribution in [1.29, 1.82) is 0 Å². The summed E-state index contributed by atoms with van der Waals surface area (Å²) in [4.78, 5) is 10.9. The first-order chi connectivity index (χ1) is 8.16. The maximum Gasteiger partial charge on any atom is 0.483 e. The van der Waals surface area contributed by atoms with E-state index in [4.69, 9.17) is 15.8 Å². The number of hydrogen-bond donors (Lipinski definition) is 1. The van der Waals surface area contributed by atoms with Crippen molar-refractivity contribution in [3.05, 3.63) is 60.7 Å². The van der Waals surface area contributed by atoms with Crippen LogP contribution in [0.25, 0.3) is 0 Å². The minimum atomic E-state index is -3.00. The molecule has 0 spiro atoms. The fourth-order valence-corrected chi connectivity index (χ4v) is 4.67. The van der Waals surface area contributed by atoms with Gasteiger partial charge in [-0.05, 0) is 24.3 Å². The first-order valence-corrected chi connectivity index (χ1v) is 8.95. The summed E-state index contributed by atoms with van der Waals surface area (Å²) in [6, 6.07) is 18.5.